The predicted octanol–water partition coefficient (Wildman–Crippen LogP) is 3.90. The lowest BCUT2D eigenvalue weighted by Gasteiger charge is -2.19. The molecule has 0 radical (unpaired) electrons. The van der Waals surface area contributed by atoms with Crippen LogP contribution in [0, 0.1) is 0 Å². The van der Waals surface area contributed by atoms with Gasteiger partial charge in [-0.1, -0.05) is 41.4 Å². The maximum atomic E-state index is 13.0. The number of aromatic hydroxyl groups is 2. The molecule has 3 atom stereocenters. The number of amides is 1. The summed E-state index contributed by atoms with van der Waals surface area (Å²) in [6, 6.07) is 1.01. The number of benzene rings is 1. The first-order chi connectivity index (χ1) is 17.3. The Morgan fingerprint density at radius 2 is 2.03 bits per heavy atom. The molecule has 3 unspecified atom stereocenters. The highest BCUT2D eigenvalue weighted by molar-refractivity contribution is 6.33. The van der Waals surface area contributed by atoms with Crippen molar-refractivity contribution >= 4 is 29.2 Å². The number of carbonyl (C=O) groups is 2. The first-order valence-electron chi connectivity index (χ1n) is 12.2. The number of hydrogen-bond donors (Lipinski definition) is 2. The topological polar surface area (TPSA) is 121 Å². The molecule has 1 aromatic rings. The summed E-state index contributed by atoms with van der Waals surface area (Å²) in [6.07, 6.45) is 10.6. The Morgan fingerprint density at radius 1 is 1.19 bits per heavy atom. The molecule has 0 bridgehead atoms. The van der Waals surface area contributed by atoms with Crippen LogP contribution in [0.15, 0.2) is 35.5 Å². The van der Waals surface area contributed by atoms with Gasteiger partial charge in [0.1, 0.15) is 35.9 Å². The number of ether oxygens (including phenoxy) is 2. The van der Waals surface area contributed by atoms with Gasteiger partial charge in [0.25, 0.3) is 0 Å². The third-order valence-corrected chi connectivity index (χ3v) is 6.81. The highest BCUT2D eigenvalue weighted by Gasteiger charge is 2.38. The molecule has 36 heavy (non-hydrogen) atoms. The number of likely N-dealkylation sites (tertiary alicyclic amines) is 1. The van der Waals surface area contributed by atoms with E-state index in [1.54, 1.807) is 24.0 Å². The van der Waals surface area contributed by atoms with Crippen LogP contribution in [0.1, 0.15) is 54.9 Å². The van der Waals surface area contributed by atoms with E-state index in [0.717, 1.165) is 25.3 Å². The smallest absolute Gasteiger partial charge is 0.342 e. The summed E-state index contributed by atoms with van der Waals surface area (Å²) in [5.41, 5.74) is 0.422. The van der Waals surface area contributed by atoms with Crippen molar-refractivity contribution in [3.8, 4) is 11.5 Å². The van der Waals surface area contributed by atoms with Crippen LogP contribution in [0.5, 0.6) is 11.5 Å². The second-order valence-corrected chi connectivity index (χ2v) is 9.58. The Kier molecular flexibility index (Phi) is 8.53. The van der Waals surface area contributed by atoms with Gasteiger partial charge in [0.2, 0.25) is 5.91 Å². The second kappa shape index (κ2) is 11.8. The molecule has 9 nitrogen and oxygen atoms in total. The van der Waals surface area contributed by atoms with Crippen molar-refractivity contribution in [2.24, 2.45) is 5.16 Å². The van der Waals surface area contributed by atoms with E-state index < -0.39 is 17.8 Å². The monoisotopic (exact) mass is 518 g/mol. The highest BCUT2D eigenvalue weighted by atomic mass is 35.5. The van der Waals surface area contributed by atoms with Crippen LogP contribution in [0.2, 0.25) is 5.02 Å². The average Bonchev–Trinajstić information content (AvgIpc) is 3.59. The number of oxime groups is 1. The number of fused-ring (bicyclic) bond motifs is 2. The first-order valence-corrected chi connectivity index (χ1v) is 12.6. The quantitative estimate of drug-likeness (QED) is 0.268. The summed E-state index contributed by atoms with van der Waals surface area (Å²) < 4.78 is 11.2. The number of hydrogen-bond acceptors (Lipinski definition) is 8. The van der Waals surface area contributed by atoms with Crippen molar-refractivity contribution in [3.05, 3.63) is 46.5 Å². The van der Waals surface area contributed by atoms with E-state index >= 15 is 0 Å². The molecule has 4 rings (SSSR count). The van der Waals surface area contributed by atoms with E-state index in [-0.39, 0.29) is 53.0 Å². The molecular formula is C26H31ClN2O7. The van der Waals surface area contributed by atoms with Crippen LogP contribution in [-0.4, -0.2) is 70.7 Å². The number of epoxide rings is 1. The van der Waals surface area contributed by atoms with Crippen LogP contribution in [0.25, 0.3) is 0 Å². The lowest BCUT2D eigenvalue weighted by atomic mass is 9.99. The molecule has 3 heterocycles. The van der Waals surface area contributed by atoms with Crippen molar-refractivity contribution in [3.63, 3.8) is 0 Å². The number of halogens is 1. The highest BCUT2D eigenvalue weighted by Crippen LogP contribution is 2.38. The summed E-state index contributed by atoms with van der Waals surface area (Å²) >= 11 is 6.36. The molecular weight excluding hydrogens is 488 g/mol. The average molecular weight is 519 g/mol. The van der Waals surface area contributed by atoms with E-state index in [4.69, 9.17) is 25.9 Å². The molecule has 0 spiro atoms. The van der Waals surface area contributed by atoms with Crippen molar-refractivity contribution in [2.45, 2.75) is 63.8 Å². The van der Waals surface area contributed by atoms with E-state index in [0.29, 0.717) is 31.6 Å². The number of esters is 1. The van der Waals surface area contributed by atoms with Gasteiger partial charge in [-0.05, 0) is 31.4 Å². The van der Waals surface area contributed by atoms with Crippen molar-refractivity contribution in [1.82, 2.24) is 4.90 Å². The second-order valence-electron chi connectivity index (χ2n) is 9.20. The molecule has 0 aliphatic carbocycles. The molecule has 2 fully saturated rings. The van der Waals surface area contributed by atoms with Gasteiger partial charge in [0.15, 0.2) is 0 Å². The summed E-state index contributed by atoms with van der Waals surface area (Å²) in [7, 11) is 0. The molecule has 194 valence electrons. The van der Waals surface area contributed by atoms with Crippen LogP contribution < -0.4 is 0 Å². The zero-order valence-corrected chi connectivity index (χ0v) is 20.9. The van der Waals surface area contributed by atoms with Gasteiger partial charge in [-0.25, -0.2) is 4.79 Å². The standard InChI is InChI=1S/C26H31ClN2O7/c1-16-13-22-21(36-22)8-5-4-7-17(28-34-12-11-29-10-6-2-3-9-23(29)32)14-18-24(26(33)35-16)19(30)15-20(31)25(18)27/h4-5,7-8,15-16,21-22,30-31H,2-3,6,9-14H2,1H3/b7-4+,8-5-,28-17+. The molecule has 2 N–H and O–H groups in total. The van der Waals surface area contributed by atoms with Crippen LogP contribution in [-0.2, 0) is 25.5 Å². The number of cyclic esters (lactones) is 1. The Hall–Kier alpha value is -3.04. The molecule has 1 amide bonds. The van der Waals surface area contributed by atoms with Gasteiger partial charge in [-0.3, -0.25) is 4.79 Å². The number of nitrogens with zero attached hydrogens (tertiary/aromatic N) is 2. The van der Waals surface area contributed by atoms with Gasteiger partial charge in [-0.15, -0.1) is 0 Å². The van der Waals surface area contributed by atoms with Gasteiger partial charge in [0.05, 0.1) is 23.4 Å². The Morgan fingerprint density at radius 3 is 2.86 bits per heavy atom. The number of rotatable bonds is 4. The summed E-state index contributed by atoms with van der Waals surface area (Å²) in [4.78, 5) is 32.5. The zero-order valence-electron chi connectivity index (χ0n) is 20.2. The normalized spacial score (nSPS) is 27.8. The van der Waals surface area contributed by atoms with Gasteiger partial charge < -0.3 is 29.4 Å². The minimum Gasteiger partial charge on any atom is -0.507 e. The molecule has 3 aliphatic heterocycles. The Balaban J connectivity index is 1.58. The third-order valence-electron chi connectivity index (χ3n) is 6.38. The third kappa shape index (κ3) is 6.59. The van der Waals surface area contributed by atoms with Crippen molar-refractivity contribution in [1.29, 1.82) is 0 Å². The maximum Gasteiger partial charge on any atom is 0.342 e. The molecule has 0 saturated carbocycles. The SMILES string of the molecule is CC1CC2OC2\C=C/C=C/C(=N\OCCN2CCCCCC2=O)Cc2c(Cl)c(O)cc(O)c2C(=O)O1. The number of carbonyl (C=O) groups excluding carboxylic acids is 2. The predicted molar refractivity (Wildman–Crippen MR) is 133 cm³/mol. The van der Waals surface area contributed by atoms with E-state index in [1.165, 1.54) is 0 Å². The Labute approximate surface area is 214 Å². The summed E-state index contributed by atoms with van der Waals surface area (Å²) in [5, 5.41) is 24.8. The summed E-state index contributed by atoms with van der Waals surface area (Å²) in [6.45, 7) is 3.07. The number of phenols is 2. The van der Waals surface area contributed by atoms with Crippen molar-refractivity contribution < 1.29 is 34.1 Å². The zero-order chi connectivity index (χ0) is 25.7. The van der Waals surface area contributed by atoms with Crippen LogP contribution in [0.4, 0.5) is 0 Å². The fourth-order valence-corrected chi connectivity index (χ4v) is 4.62. The molecule has 3 aliphatic rings. The van der Waals surface area contributed by atoms with Crippen molar-refractivity contribution in [2.75, 3.05) is 19.7 Å². The fourth-order valence-electron chi connectivity index (χ4n) is 4.41. The molecule has 10 heteroatoms. The number of allylic oxidation sites excluding steroid dienone is 3. The molecule has 2 saturated heterocycles. The fraction of sp³-hybridized carbons (Fsp3) is 0.500. The van der Waals surface area contributed by atoms with Gasteiger partial charge in [-0.2, -0.15) is 0 Å². The van der Waals surface area contributed by atoms with Crippen LogP contribution >= 0.6 is 11.6 Å². The molecule has 0 aromatic heterocycles. The lowest BCUT2D eigenvalue weighted by Crippen LogP contribution is -2.33. The largest absolute Gasteiger partial charge is 0.507 e. The van der Waals surface area contributed by atoms with E-state index in [9.17, 15) is 19.8 Å². The first kappa shape index (κ1) is 26.0. The Bertz CT molecular complexity index is 1080. The number of phenolic OH excluding ortho intramolecular Hbond substituents is 2. The lowest BCUT2D eigenvalue weighted by molar-refractivity contribution is -0.131. The van der Waals surface area contributed by atoms with Gasteiger partial charge in [0, 0.05) is 31.9 Å². The minimum absolute atomic E-state index is 0.0187. The van der Waals surface area contributed by atoms with Gasteiger partial charge >= 0.3 is 5.97 Å². The minimum atomic E-state index is -0.759. The van der Waals surface area contributed by atoms with E-state index in [2.05, 4.69) is 5.16 Å². The maximum absolute atomic E-state index is 13.0. The van der Waals surface area contributed by atoms with E-state index in [1.807, 2.05) is 12.2 Å². The summed E-state index contributed by atoms with van der Waals surface area (Å²) in [5.74, 6) is -1.45. The molecule has 1 aromatic carbocycles. The van der Waals surface area contributed by atoms with Crippen LogP contribution in [0.3, 0.4) is 0 Å².